The molecule has 6 nitrogen and oxygen atoms in total. The molecule has 0 saturated carbocycles. The largest absolute Gasteiger partial charge is 0.394 e. The second-order valence-electron chi connectivity index (χ2n) is 4.19. The molecule has 2 N–H and O–H groups in total. The van der Waals surface area contributed by atoms with Gasteiger partial charge in [0.25, 0.3) is 0 Å². The van der Waals surface area contributed by atoms with Gasteiger partial charge in [0, 0.05) is 6.07 Å². The molecule has 8 heteroatoms. The Hall–Kier alpha value is -2.25. The molecular formula is C13H11ClFN3O3. The van der Waals surface area contributed by atoms with E-state index in [1.54, 1.807) is 0 Å². The molecule has 0 spiro atoms. The third kappa shape index (κ3) is 3.65. The molecule has 21 heavy (non-hydrogen) atoms. The van der Waals surface area contributed by atoms with Crippen molar-refractivity contribution in [2.75, 3.05) is 11.9 Å². The summed E-state index contributed by atoms with van der Waals surface area (Å²) in [4.78, 5) is 14.2. The summed E-state index contributed by atoms with van der Waals surface area (Å²) in [6.45, 7) is -0.350. The van der Waals surface area contributed by atoms with Gasteiger partial charge in [0.2, 0.25) is 5.82 Å². The zero-order chi connectivity index (χ0) is 15.4. The zero-order valence-electron chi connectivity index (χ0n) is 10.7. The summed E-state index contributed by atoms with van der Waals surface area (Å²) < 4.78 is 12.9. The first-order chi connectivity index (χ1) is 10.0. The molecule has 0 fully saturated rings. The summed E-state index contributed by atoms with van der Waals surface area (Å²) in [5.41, 5.74) is 0.301. The SMILES string of the molecule is O=[N+]([O-])c1ccc(Cl)nc1NC(CO)c1ccc(F)cc1. The molecule has 0 aliphatic rings. The van der Waals surface area contributed by atoms with E-state index in [2.05, 4.69) is 10.3 Å². The van der Waals surface area contributed by atoms with Crippen molar-refractivity contribution >= 4 is 23.1 Å². The Morgan fingerprint density at radius 1 is 1.33 bits per heavy atom. The average molecular weight is 312 g/mol. The molecule has 0 aliphatic heterocycles. The Morgan fingerprint density at radius 2 is 2.00 bits per heavy atom. The molecule has 1 aromatic heterocycles. The fraction of sp³-hybridized carbons (Fsp3) is 0.154. The highest BCUT2D eigenvalue weighted by atomic mass is 35.5. The van der Waals surface area contributed by atoms with Crippen LogP contribution in [0.5, 0.6) is 0 Å². The van der Waals surface area contributed by atoms with Gasteiger partial charge in [-0.1, -0.05) is 23.7 Å². The second kappa shape index (κ2) is 6.47. The molecule has 0 bridgehead atoms. The number of rotatable bonds is 5. The number of pyridine rings is 1. The van der Waals surface area contributed by atoms with Crippen LogP contribution in [0.4, 0.5) is 15.9 Å². The highest BCUT2D eigenvalue weighted by Crippen LogP contribution is 2.27. The molecule has 0 aliphatic carbocycles. The predicted octanol–water partition coefficient (Wildman–Crippen LogP) is 2.93. The maximum Gasteiger partial charge on any atom is 0.311 e. The van der Waals surface area contributed by atoms with Crippen molar-refractivity contribution in [3.8, 4) is 0 Å². The summed E-state index contributed by atoms with van der Waals surface area (Å²) in [7, 11) is 0. The number of aliphatic hydroxyl groups is 1. The second-order valence-corrected chi connectivity index (χ2v) is 4.58. The number of hydrogen-bond acceptors (Lipinski definition) is 5. The van der Waals surface area contributed by atoms with E-state index in [-0.39, 0.29) is 23.3 Å². The number of aromatic nitrogens is 1. The van der Waals surface area contributed by atoms with Crippen LogP contribution in [0.2, 0.25) is 5.15 Å². The van der Waals surface area contributed by atoms with Crippen LogP contribution in [0.1, 0.15) is 11.6 Å². The van der Waals surface area contributed by atoms with Gasteiger partial charge in [-0.3, -0.25) is 10.1 Å². The van der Waals surface area contributed by atoms with Crippen LogP contribution in [0, 0.1) is 15.9 Å². The highest BCUT2D eigenvalue weighted by molar-refractivity contribution is 6.29. The average Bonchev–Trinajstić information content (AvgIpc) is 2.45. The molecule has 0 saturated heterocycles. The van der Waals surface area contributed by atoms with Crippen molar-refractivity contribution in [2.45, 2.75) is 6.04 Å². The number of benzene rings is 1. The van der Waals surface area contributed by atoms with Crippen LogP contribution >= 0.6 is 11.6 Å². The van der Waals surface area contributed by atoms with Gasteiger partial charge in [0.15, 0.2) is 0 Å². The molecule has 0 radical (unpaired) electrons. The minimum atomic E-state index is -0.671. The number of nitrogens with zero attached hydrogens (tertiary/aromatic N) is 2. The minimum Gasteiger partial charge on any atom is -0.394 e. The number of nitrogens with one attached hydrogen (secondary N) is 1. The monoisotopic (exact) mass is 311 g/mol. The Bertz CT molecular complexity index is 652. The Balaban J connectivity index is 2.32. The molecule has 1 aromatic carbocycles. The van der Waals surface area contributed by atoms with Gasteiger partial charge in [-0.2, -0.15) is 0 Å². The zero-order valence-corrected chi connectivity index (χ0v) is 11.4. The Morgan fingerprint density at radius 3 is 2.57 bits per heavy atom. The standard InChI is InChI=1S/C13H11ClFN3O3/c14-12-6-5-11(18(20)21)13(17-12)16-10(7-19)8-1-3-9(15)4-2-8/h1-6,10,19H,7H2,(H,16,17). The fourth-order valence-corrected chi connectivity index (χ4v) is 1.92. The summed E-state index contributed by atoms with van der Waals surface area (Å²) in [6, 6.07) is 7.27. The fourth-order valence-electron chi connectivity index (χ4n) is 1.78. The van der Waals surface area contributed by atoms with Crippen molar-refractivity contribution in [2.24, 2.45) is 0 Å². The number of hydrogen-bond donors (Lipinski definition) is 2. The molecule has 1 atom stereocenters. The number of anilines is 1. The van der Waals surface area contributed by atoms with E-state index in [0.717, 1.165) is 0 Å². The van der Waals surface area contributed by atoms with E-state index in [1.165, 1.54) is 36.4 Å². The summed E-state index contributed by atoms with van der Waals surface area (Å²) in [5.74, 6) is -0.474. The predicted molar refractivity (Wildman–Crippen MR) is 75.8 cm³/mol. The van der Waals surface area contributed by atoms with Crippen LogP contribution in [-0.2, 0) is 0 Å². The molecule has 2 rings (SSSR count). The van der Waals surface area contributed by atoms with Crippen LogP contribution in [0.3, 0.4) is 0 Å². The van der Waals surface area contributed by atoms with E-state index in [0.29, 0.717) is 5.56 Å². The Labute approximate surface area is 124 Å². The smallest absolute Gasteiger partial charge is 0.311 e. The van der Waals surface area contributed by atoms with Gasteiger partial charge in [0.1, 0.15) is 11.0 Å². The summed E-state index contributed by atoms with van der Waals surface area (Å²) in [6.07, 6.45) is 0. The van der Waals surface area contributed by atoms with Crippen molar-refractivity contribution in [3.63, 3.8) is 0 Å². The first-order valence-corrected chi connectivity index (χ1v) is 6.33. The molecular weight excluding hydrogens is 301 g/mol. The molecule has 110 valence electrons. The van der Waals surface area contributed by atoms with Crippen molar-refractivity contribution < 1.29 is 14.4 Å². The van der Waals surface area contributed by atoms with Crippen LogP contribution in [0.25, 0.3) is 0 Å². The van der Waals surface area contributed by atoms with E-state index >= 15 is 0 Å². The summed E-state index contributed by atoms with van der Waals surface area (Å²) >= 11 is 5.73. The topological polar surface area (TPSA) is 88.3 Å². The van der Waals surface area contributed by atoms with Crippen molar-refractivity contribution in [1.82, 2.24) is 4.98 Å². The lowest BCUT2D eigenvalue weighted by Crippen LogP contribution is -2.16. The van der Waals surface area contributed by atoms with Crippen molar-refractivity contribution in [1.29, 1.82) is 0 Å². The van der Waals surface area contributed by atoms with Crippen LogP contribution in [0.15, 0.2) is 36.4 Å². The number of halogens is 2. The van der Waals surface area contributed by atoms with Gasteiger partial charge in [-0.25, -0.2) is 9.37 Å². The molecule has 1 heterocycles. The molecule has 1 unspecified atom stereocenters. The third-order valence-electron chi connectivity index (χ3n) is 2.80. The van der Waals surface area contributed by atoms with Crippen LogP contribution < -0.4 is 5.32 Å². The first-order valence-electron chi connectivity index (χ1n) is 5.95. The van der Waals surface area contributed by atoms with Crippen LogP contribution in [-0.4, -0.2) is 21.6 Å². The maximum atomic E-state index is 12.9. The highest BCUT2D eigenvalue weighted by Gasteiger charge is 2.20. The van der Waals surface area contributed by atoms with E-state index in [1.807, 2.05) is 0 Å². The molecule has 0 amide bonds. The third-order valence-corrected chi connectivity index (χ3v) is 3.01. The van der Waals surface area contributed by atoms with E-state index in [9.17, 15) is 19.6 Å². The summed E-state index contributed by atoms with van der Waals surface area (Å²) in [5, 5.41) is 23.2. The minimum absolute atomic E-state index is 0.0594. The maximum absolute atomic E-state index is 12.9. The number of nitro groups is 1. The van der Waals surface area contributed by atoms with Gasteiger partial charge in [0.05, 0.1) is 17.6 Å². The van der Waals surface area contributed by atoms with Gasteiger partial charge < -0.3 is 10.4 Å². The normalized spacial score (nSPS) is 12.0. The lowest BCUT2D eigenvalue weighted by atomic mass is 10.1. The first kappa shape index (κ1) is 15.1. The van der Waals surface area contributed by atoms with Crippen molar-refractivity contribution in [3.05, 3.63) is 63.0 Å². The lowest BCUT2D eigenvalue weighted by molar-refractivity contribution is -0.384. The number of aliphatic hydroxyl groups excluding tert-OH is 1. The lowest BCUT2D eigenvalue weighted by Gasteiger charge is -2.17. The quantitative estimate of drug-likeness (QED) is 0.503. The van der Waals surface area contributed by atoms with E-state index in [4.69, 9.17) is 11.6 Å². The van der Waals surface area contributed by atoms with Gasteiger partial charge >= 0.3 is 5.69 Å². The van der Waals surface area contributed by atoms with E-state index < -0.39 is 16.8 Å². The van der Waals surface area contributed by atoms with Gasteiger partial charge in [-0.15, -0.1) is 0 Å². The Kier molecular flexibility index (Phi) is 4.66. The van der Waals surface area contributed by atoms with Gasteiger partial charge in [-0.05, 0) is 23.8 Å². The molecule has 2 aromatic rings.